The second kappa shape index (κ2) is 5.08. The van der Waals surface area contributed by atoms with Gasteiger partial charge in [-0.2, -0.15) is 0 Å². The molecule has 0 bridgehead atoms. The highest BCUT2D eigenvalue weighted by Gasteiger charge is 2.32. The van der Waals surface area contributed by atoms with E-state index in [1.54, 1.807) is 6.08 Å². The molecule has 0 radical (unpaired) electrons. The lowest BCUT2D eigenvalue weighted by Gasteiger charge is -2.20. The molecular formula is C20H16O2. The van der Waals surface area contributed by atoms with Crippen molar-refractivity contribution in [2.45, 2.75) is 5.92 Å². The molecular weight excluding hydrogens is 272 g/mol. The predicted molar refractivity (Wildman–Crippen MR) is 88.9 cm³/mol. The van der Waals surface area contributed by atoms with E-state index in [1.807, 2.05) is 30.3 Å². The van der Waals surface area contributed by atoms with Crippen molar-refractivity contribution in [3.63, 3.8) is 0 Å². The molecule has 0 fully saturated rings. The van der Waals surface area contributed by atoms with Crippen molar-refractivity contribution in [3.05, 3.63) is 72.3 Å². The summed E-state index contributed by atoms with van der Waals surface area (Å²) in [6.07, 6.45) is 3.44. The first-order valence-corrected chi connectivity index (χ1v) is 7.53. The molecule has 1 N–H and O–H groups in total. The first-order valence-electron chi connectivity index (χ1n) is 7.53. The zero-order valence-corrected chi connectivity index (χ0v) is 12.1. The first kappa shape index (κ1) is 13.2. The Kier molecular flexibility index (Phi) is 3.05. The average Bonchev–Trinajstić information content (AvgIpc) is 2.95. The lowest BCUT2D eigenvalue weighted by molar-refractivity contribution is -0.116. The van der Waals surface area contributed by atoms with Crippen LogP contribution in [0.1, 0.15) is 11.5 Å². The summed E-state index contributed by atoms with van der Waals surface area (Å²) in [4.78, 5) is 12.3. The summed E-state index contributed by atoms with van der Waals surface area (Å²) in [6.45, 7) is -0.00589. The Balaban J connectivity index is 2.06. The summed E-state index contributed by atoms with van der Waals surface area (Å²) in [6, 6.07) is 18.5. The molecule has 0 heterocycles. The van der Waals surface area contributed by atoms with Crippen molar-refractivity contribution in [1.82, 2.24) is 0 Å². The number of hydrogen-bond donors (Lipinski definition) is 1. The summed E-state index contributed by atoms with van der Waals surface area (Å²) < 4.78 is 0. The van der Waals surface area contributed by atoms with E-state index in [1.165, 1.54) is 5.39 Å². The van der Waals surface area contributed by atoms with Gasteiger partial charge in [-0.25, -0.2) is 0 Å². The normalized spacial score (nSPS) is 21.0. The van der Waals surface area contributed by atoms with Crippen LogP contribution in [0.4, 0.5) is 0 Å². The van der Waals surface area contributed by atoms with Crippen LogP contribution < -0.4 is 0 Å². The Morgan fingerprint density at radius 3 is 2.36 bits per heavy atom. The minimum absolute atomic E-state index is 0.00589. The zero-order valence-electron chi connectivity index (χ0n) is 12.1. The number of carbonyl (C=O) groups is 1. The molecule has 0 saturated carbocycles. The molecule has 0 spiro atoms. The van der Waals surface area contributed by atoms with Gasteiger partial charge in [0, 0.05) is 5.92 Å². The molecule has 1 aliphatic rings. The first-order chi connectivity index (χ1) is 10.8. The van der Waals surface area contributed by atoms with Crippen molar-refractivity contribution < 1.29 is 9.90 Å². The van der Waals surface area contributed by atoms with E-state index >= 15 is 0 Å². The standard InChI is InChI=1S/C20H16O2/c21-12-14-9-10-19(22)20(14)18-11-13-5-1-2-6-15(13)16-7-3-4-8-17(16)18/h1-11,14,20-21H,12H2. The molecule has 22 heavy (non-hydrogen) atoms. The lowest BCUT2D eigenvalue weighted by Crippen LogP contribution is -2.17. The number of allylic oxidation sites excluding steroid dienone is 1. The van der Waals surface area contributed by atoms with Crippen LogP contribution in [0.5, 0.6) is 0 Å². The van der Waals surface area contributed by atoms with E-state index in [0.717, 1.165) is 21.7 Å². The summed E-state index contributed by atoms with van der Waals surface area (Å²) in [5.74, 6) is -0.323. The van der Waals surface area contributed by atoms with E-state index < -0.39 is 0 Å². The Morgan fingerprint density at radius 1 is 0.909 bits per heavy atom. The van der Waals surface area contributed by atoms with Crippen LogP contribution in [0, 0.1) is 5.92 Å². The highest BCUT2D eigenvalue weighted by atomic mass is 16.3. The quantitative estimate of drug-likeness (QED) is 0.728. The van der Waals surface area contributed by atoms with Crippen LogP contribution in [0.3, 0.4) is 0 Å². The van der Waals surface area contributed by atoms with Gasteiger partial charge in [0.1, 0.15) is 0 Å². The second-order valence-electron chi connectivity index (χ2n) is 5.82. The minimum Gasteiger partial charge on any atom is -0.396 e. The van der Waals surface area contributed by atoms with Crippen LogP contribution in [-0.2, 0) is 4.79 Å². The number of fused-ring (bicyclic) bond motifs is 3. The second-order valence-corrected chi connectivity index (χ2v) is 5.82. The van der Waals surface area contributed by atoms with E-state index in [4.69, 9.17) is 0 Å². The summed E-state index contributed by atoms with van der Waals surface area (Å²) >= 11 is 0. The molecule has 1 aliphatic carbocycles. The van der Waals surface area contributed by atoms with E-state index in [-0.39, 0.29) is 24.2 Å². The number of benzene rings is 3. The van der Waals surface area contributed by atoms with Crippen molar-refractivity contribution >= 4 is 27.3 Å². The monoisotopic (exact) mass is 288 g/mol. The number of carbonyl (C=O) groups excluding carboxylic acids is 1. The Hall–Kier alpha value is -2.45. The fraction of sp³-hybridized carbons (Fsp3) is 0.150. The maximum absolute atomic E-state index is 12.3. The van der Waals surface area contributed by atoms with Gasteiger partial charge in [-0.1, -0.05) is 54.6 Å². The Bertz CT molecular complexity index is 908. The summed E-state index contributed by atoms with van der Waals surface area (Å²) in [5.41, 5.74) is 1.02. The molecule has 2 unspecified atom stereocenters. The van der Waals surface area contributed by atoms with Crippen LogP contribution in [0.2, 0.25) is 0 Å². The maximum Gasteiger partial charge on any atom is 0.163 e. The molecule has 3 aromatic carbocycles. The summed E-state index contributed by atoms with van der Waals surface area (Å²) in [5, 5.41) is 14.2. The van der Waals surface area contributed by atoms with Crippen molar-refractivity contribution in [2.75, 3.05) is 6.61 Å². The van der Waals surface area contributed by atoms with Gasteiger partial charge >= 0.3 is 0 Å². The maximum atomic E-state index is 12.3. The van der Waals surface area contributed by atoms with Gasteiger partial charge in [0.25, 0.3) is 0 Å². The minimum atomic E-state index is -0.278. The molecule has 0 aliphatic heterocycles. The van der Waals surface area contributed by atoms with Gasteiger partial charge in [-0.15, -0.1) is 0 Å². The van der Waals surface area contributed by atoms with Gasteiger partial charge in [0.2, 0.25) is 0 Å². The van der Waals surface area contributed by atoms with Gasteiger partial charge in [0.15, 0.2) is 5.78 Å². The van der Waals surface area contributed by atoms with Crippen LogP contribution in [-0.4, -0.2) is 17.5 Å². The average molecular weight is 288 g/mol. The van der Waals surface area contributed by atoms with Crippen molar-refractivity contribution in [2.24, 2.45) is 5.92 Å². The third-order valence-corrected chi connectivity index (χ3v) is 4.59. The predicted octanol–water partition coefficient (Wildman–Crippen LogP) is 3.82. The van der Waals surface area contributed by atoms with Gasteiger partial charge in [0.05, 0.1) is 12.5 Å². The van der Waals surface area contributed by atoms with Gasteiger partial charge in [-0.05, 0) is 39.3 Å². The molecule has 0 aromatic heterocycles. The zero-order chi connectivity index (χ0) is 15.1. The number of rotatable bonds is 2. The molecule has 2 heteroatoms. The van der Waals surface area contributed by atoms with Crippen molar-refractivity contribution in [1.29, 1.82) is 0 Å². The smallest absolute Gasteiger partial charge is 0.163 e. The SMILES string of the molecule is O=C1C=CC(CO)C1c1cc2ccccc2c2ccccc12. The largest absolute Gasteiger partial charge is 0.396 e. The topological polar surface area (TPSA) is 37.3 Å². The third kappa shape index (κ3) is 1.88. The third-order valence-electron chi connectivity index (χ3n) is 4.59. The van der Waals surface area contributed by atoms with E-state index in [2.05, 4.69) is 30.3 Å². The number of aliphatic hydroxyl groups excluding tert-OH is 1. The van der Waals surface area contributed by atoms with Crippen LogP contribution in [0.25, 0.3) is 21.5 Å². The Morgan fingerprint density at radius 2 is 1.59 bits per heavy atom. The fourth-order valence-corrected chi connectivity index (χ4v) is 3.53. The van der Waals surface area contributed by atoms with Gasteiger partial charge in [-0.3, -0.25) is 4.79 Å². The van der Waals surface area contributed by atoms with E-state index in [9.17, 15) is 9.90 Å². The molecule has 2 nitrogen and oxygen atoms in total. The number of ketones is 1. The number of aliphatic hydroxyl groups is 1. The summed E-state index contributed by atoms with van der Waals surface area (Å²) in [7, 11) is 0. The molecule has 4 rings (SSSR count). The fourth-order valence-electron chi connectivity index (χ4n) is 3.53. The van der Waals surface area contributed by atoms with Gasteiger partial charge < -0.3 is 5.11 Å². The molecule has 108 valence electrons. The molecule has 0 saturated heterocycles. The Labute approximate surface area is 128 Å². The molecule has 3 aromatic rings. The van der Waals surface area contributed by atoms with Crippen LogP contribution in [0.15, 0.2) is 66.7 Å². The van der Waals surface area contributed by atoms with Crippen LogP contribution >= 0.6 is 0 Å². The van der Waals surface area contributed by atoms with E-state index in [0.29, 0.717) is 0 Å². The highest BCUT2D eigenvalue weighted by Crippen LogP contribution is 2.39. The van der Waals surface area contributed by atoms with Crippen molar-refractivity contribution in [3.8, 4) is 0 Å². The highest BCUT2D eigenvalue weighted by molar-refractivity contribution is 6.11. The lowest BCUT2D eigenvalue weighted by atomic mass is 9.83. The number of hydrogen-bond acceptors (Lipinski definition) is 2. The molecule has 2 atom stereocenters. The molecule has 0 amide bonds.